The summed E-state index contributed by atoms with van der Waals surface area (Å²) in [6.45, 7) is 12.3. The number of nitrogens with zero attached hydrogens (tertiary/aromatic N) is 1. The number of piperazine rings is 1. The van der Waals surface area contributed by atoms with E-state index in [0.29, 0.717) is 0 Å². The molecular weight excluding hydrogens is 244 g/mol. The Labute approximate surface area is 125 Å². The molecule has 20 heavy (non-hydrogen) atoms. The van der Waals surface area contributed by atoms with Gasteiger partial charge in [-0.2, -0.15) is 0 Å². The zero-order valence-electron chi connectivity index (χ0n) is 13.9. The quantitative estimate of drug-likeness (QED) is 0.850. The predicted octanol–water partition coefficient (Wildman–Crippen LogP) is 3.52. The highest BCUT2D eigenvalue weighted by atomic mass is 15.3. The number of rotatable bonds is 3. The highest BCUT2D eigenvalue weighted by Crippen LogP contribution is 2.39. The molecule has 3 rings (SSSR count). The predicted molar refractivity (Wildman–Crippen MR) is 85.8 cm³/mol. The van der Waals surface area contributed by atoms with Gasteiger partial charge in [0.2, 0.25) is 0 Å². The van der Waals surface area contributed by atoms with E-state index in [2.05, 4.69) is 37.9 Å². The third-order valence-electron chi connectivity index (χ3n) is 6.47. The molecule has 0 aromatic rings. The van der Waals surface area contributed by atoms with Crippen molar-refractivity contribution in [2.45, 2.75) is 77.9 Å². The van der Waals surface area contributed by atoms with Crippen molar-refractivity contribution in [2.75, 3.05) is 13.1 Å². The van der Waals surface area contributed by atoms with E-state index in [4.69, 9.17) is 0 Å². The fraction of sp³-hybridized carbons (Fsp3) is 1.00. The first-order chi connectivity index (χ1) is 9.58. The summed E-state index contributed by atoms with van der Waals surface area (Å²) in [7, 11) is 0. The third kappa shape index (κ3) is 2.92. The smallest absolute Gasteiger partial charge is 0.0247 e. The van der Waals surface area contributed by atoms with Crippen molar-refractivity contribution >= 4 is 0 Å². The molecule has 5 unspecified atom stereocenters. The molecule has 1 heterocycles. The van der Waals surface area contributed by atoms with E-state index in [0.717, 1.165) is 41.8 Å². The van der Waals surface area contributed by atoms with Crippen LogP contribution in [0.4, 0.5) is 0 Å². The molecule has 0 aromatic heterocycles. The summed E-state index contributed by atoms with van der Waals surface area (Å²) < 4.78 is 0. The molecule has 3 fully saturated rings. The normalized spacial score (nSPS) is 44.0. The summed E-state index contributed by atoms with van der Waals surface area (Å²) in [6.07, 6.45) is 7.26. The van der Waals surface area contributed by atoms with Crippen LogP contribution < -0.4 is 5.32 Å². The lowest BCUT2D eigenvalue weighted by Crippen LogP contribution is -2.63. The average Bonchev–Trinajstić information content (AvgIpc) is 3.25. The molecule has 0 amide bonds. The van der Waals surface area contributed by atoms with Gasteiger partial charge < -0.3 is 5.32 Å². The summed E-state index contributed by atoms with van der Waals surface area (Å²) in [4.78, 5) is 2.94. The molecular formula is C18H34N2. The van der Waals surface area contributed by atoms with Crippen LogP contribution in [0.15, 0.2) is 0 Å². The summed E-state index contributed by atoms with van der Waals surface area (Å²) in [5.74, 6) is 3.55. The lowest BCUT2D eigenvalue weighted by atomic mass is 9.76. The van der Waals surface area contributed by atoms with Crippen molar-refractivity contribution < 1.29 is 0 Å². The minimum atomic E-state index is 0.753. The van der Waals surface area contributed by atoms with Crippen LogP contribution in [0.3, 0.4) is 0 Å². The molecule has 1 aliphatic heterocycles. The lowest BCUT2D eigenvalue weighted by molar-refractivity contribution is -0.00105. The zero-order valence-corrected chi connectivity index (χ0v) is 13.9. The maximum absolute atomic E-state index is 3.87. The van der Waals surface area contributed by atoms with Crippen LogP contribution in [-0.4, -0.2) is 36.1 Å². The van der Waals surface area contributed by atoms with Crippen molar-refractivity contribution in [3.05, 3.63) is 0 Å². The Hall–Kier alpha value is -0.0800. The minimum Gasteiger partial charge on any atom is -0.311 e. The maximum atomic E-state index is 3.87. The number of nitrogens with one attached hydrogen (secondary N) is 1. The van der Waals surface area contributed by atoms with E-state index in [1.165, 1.54) is 45.2 Å². The number of hydrogen-bond donors (Lipinski definition) is 1. The van der Waals surface area contributed by atoms with Crippen molar-refractivity contribution in [3.63, 3.8) is 0 Å². The van der Waals surface area contributed by atoms with E-state index in [-0.39, 0.29) is 0 Å². The zero-order chi connectivity index (χ0) is 14.3. The molecule has 1 saturated heterocycles. The summed E-state index contributed by atoms with van der Waals surface area (Å²) in [5.41, 5.74) is 0. The second kappa shape index (κ2) is 5.96. The summed E-state index contributed by atoms with van der Waals surface area (Å²) >= 11 is 0. The molecule has 0 bridgehead atoms. The van der Waals surface area contributed by atoms with Gasteiger partial charge in [-0.3, -0.25) is 4.90 Å². The second-order valence-corrected chi connectivity index (χ2v) is 8.19. The summed E-state index contributed by atoms with van der Waals surface area (Å²) in [5, 5.41) is 3.87. The van der Waals surface area contributed by atoms with Gasteiger partial charge in [0, 0.05) is 31.2 Å². The Morgan fingerprint density at radius 3 is 2.45 bits per heavy atom. The number of hydrogen-bond acceptors (Lipinski definition) is 2. The van der Waals surface area contributed by atoms with Gasteiger partial charge in [-0.1, -0.05) is 40.5 Å². The van der Waals surface area contributed by atoms with E-state index < -0.39 is 0 Å². The third-order valence-corrected chi connectivity index (χ3v) is 6.47. The van der Waals surface area contributed by atoms with E-state index in [1.807, 2.05) is 0 Å². The topological polar surface area (TPSA) is 15.3 Å². The summed E-state index contributed by atoms with van der Waals surface area (Å²) in [6, 6.07) is 2.38. The van der Waals surface area contributed by atoms with Crippen LogP contribution in [-0.2, 0) is 0 Å². The molecule has 3 aliphatic rings. The van der Waals surface area contributed by atoms with Crippen LogP contribution in [0.1, 0.15) is 59.8 Å². The first kappa shape index (κ1) is 14.8. The monoisotopic (exact) mass is 278 g/mol. The van der Waals surface area contributed by atoms with Gasteiger partial charge >= 0.3 is 0 Å². The van der Waals surface area contributed by atoms with Gasteiger partial charge in [-0.05, 0) is 42.9 Å². The van der Waals surface area contributed by atoms with Crippen LogP contribution in [0.25, 0.3) is 0 Å². The van der Waals surface area contributed by atoms with Gasteiger partial charge in [0.05, 0.1) is 0 Å². The Morgan fingerprint density at radius 2 is 1.80 bits per heavy atom. The Balaban J connectivity index is 1.73. The molecule has 116 valence electrons. The first-order valence-electron chi connectivity index (χ1n) is 9.07. The van der Waals surface area contributed by atoms with Gasteiger partial charge in [0.1, 0.15) is 0 Å². The fourth-order valence-corrected chi connectivity index (χ4v) is 4.65. The molecule has 2 nitrogen and oxygen atoms in total. The molecule has 2 aliphatic carbocycles. The molecule has 0 aromatic carbocycles. The van der Waals surface area contributed by atoms with Crippen molar-refractivity contribution in [3.8, 4) is 0 Å². The van der Waals surface area contributed by atoms with Gasteiger partial charge in [-0.25, -0.2) is 0 Å². The SMILES string of the molecule is CC(C)C1CNC(C2CC2)CN1C1CCCC(C)C1C. The highest BCUT2D eigenvalue weighted by molar-refractivity contribution is 4.99. The standard InChI is InChI=1S/C18H34N2/c1-12(2)18-10-19-16(15-8-9-15)11-20(18)17-7-5-6-13(3)14(17)4/h12-19H,5-11H2,1-4H3. The maximum Gasteiger partial charge on any atom is 0.0247 e. The lowest BCUT2D eigenvalue weighted by Gasteiger charge is -2.50. The van der Waals surface area contributed by atoms with Crippen molar-refractivity contribution in [1.82, 2.24) is 10.2 Å². The van der Waals surface area contributed by atoms with Crippen LogP contribution >= 0.6 is 0 Å². The van der Waals surface area contributed by atoms with E-state index in [1.54, 1.807) is 0 Å². The largest absolute Gasteiger partial charge is 0.311 e. The molecule has 5 atom stereocenters. The van der Waals surface area contributed by atoms with E-state index >= 15 is 0 Å². The Bertz CT molecular complexity index is 323. The highest BCUT2D eigenvalue weighted by Gasteiger charge is 2.42. The molecule has 0 radical (unpaired) electrons. The molecule has 2 heteroatoms. The van der Waals surface area contributed by atoms with Crippen molar-refractivity contribution in [1.29, 1.82) is 0 Å². The van der Waals surface area contributed by atoms with Crippen LogP contribution in [0, 0.1) is 23.7 Å². The fourth-order valence-electron chi connectivity index (χ4n) is 4.65. The second-order valence-electron chi connectivity index (χ2n) is 8.19. The minimum absolute atomic E-state index is 0.753. The van der Waals surface area contributed by atoms with Gasteiger partial charge in [0.25, 0.3) is 0 Å². The molecule has 1 N–H and O–H groups in total. The van der Waals surface area contributed by atoms with Gasteiger partial charge in [0.15, 0.2) is 0 Å². The average molecular weight is 278 g/mol. The molecule has 2 saturated carbocycles. The van der Waals surface area contributed by atoms with Crippen LogP contribution in [0.5, 0.6) is 0 Å². The van der Waals surface area contributed by atoms with E-state index in [9.17, 15) is 0 Å². The first-order valence-corrected chi connectivity index (χ1v) is 9.07. The Morgan fingerprint density at radius 1 is 1.05 bits per heavy atom. The Kier molecular flexibility index (Phi) is 4.42. The van der Waals surface area contributed by atoms with Crippen LogP contribution in [0.2, 0.25) is 0 Å². The van der Waals surface area contributed by atoms with Gasteiger partial charge in [-0.15, -0.1) is 0 Å². The molecule has 0 spiro atoms. The van der Waals surface area contributed by atoms with Crippen molar-refractivity contribution in [2.24, 2.45) is 23.7 Å².